The van der Waals surface area contributed by atoms with Gasteiger partial charge in [0, 0.05) is 9.52 Å². The van der Waals surface area contributed by atoms with E-state index in [4.69, 9.17) is 17.0 Å². The van der Waals surface area contributed by atoms with Gasteiger partial charge in [0.2, 0.25) is 0 Å². The molecule has 2 radical (unpaired) electrons. The Labute approximate surface area is 304 Å². The van der Waals surface area contributed by atoms with Crippen molar-refractivity contribution in [3.05, 3.63) is 168 Å². The molecule has 0 N–H and O–H groups in total. The van der Waals surface area contributed by atoms with Crippen LogP contribution in [0.4, 0.5) is 0 Å². The van der Waals surface area contributed by atoms with Crippen molar-refractivity contribution in [2.24, 2.45) is 0 Å². The first-order valence-electron chi connectivity index (χ1n) is 16.0. The Morgan fingerprint density at radius 2 is 0.872 bits per heavy atom. The topological polar surface area (TPSA) is 0 Å². The summed E-state index contributed by atoms with van der Waals surface area (Å²) in [6, 6.07) is 53.8. The van der Waals surface area contributed by atoms with Gasteiger partial charge in [-0.05, 0) is 30.9 Å². The molecule has 0 fully saturated rings. The summed E-state index contributed by atoms with van der Waals surface area (Å²) in [6.07, 6.45) is 2.20. The molecular weight excluding hydrogens is 707 g/mol. The average Bonchev–Trinajstić information content (AvgIpc) is 3.75. The van der Waals surface area contributed by atoms with Gasteiger partial charge in [-0.2, -0.15) is 12.1 Å². The Hall–Kier alpha value is -3.00. The second kappa shape index (κ2) is 21.8. The number of benzene rings is 5. The molecule has 7 aromatic rings. The number of hydrogen-bond acceptors (Lipinski definition) is 0. The minimum atomic E-state index is -0.826. The molecule has 4 heteroatoms. The van der Waals surface area contributed by atoms with E-state index in [9.17, 15) is 0 Å². The SMILES string of the molecule is CCc1cc2c(-c3ccccc3)cccc2[cH-]1.CCc1cc2c(-c3ccccc3)cccc2[cH-]1.C[Si]C.Cc1ccccc1.[Cl][Zr+2][Cl]. The van der Waals surface area contributed by atoms with E-state index in [0.29, 0.717) is 0 Å². The first-order chi connectivity index (χ1) is 23.0. The number of rotatable bonds is 4. The van der Waals surface area contributed by atoms with Crippen LogP contribution in [0.2, 0.25) is 13.1 Å². The van der Waals surface area contributed by atoms with Crippen LogP contribution < -0.4 is 0 Å². The molecule has 0 saturated carbocycles. The fourth-order valence-electron chi connectivity index (χ4n) is 5.28. The van der Waals surface area contributed by atoms with E-state index in [1.165, 1.54) is 60.5 Å². The zero-order valence-electron chi connectivity index (χ0n) is 28.1. The molecule has 47 heavy (non-hydrogen) atoms. The van der Waals surface area contributed by atoms with Crippen LogP contribution >= 0.6 is 17.0 Å². The molecule has 0 unspecified atom stereocenters. The van der Waals surface area contributed by atoms with Gasteiger partial charge in [0.15, 0.2) is 0 Å². The Morgan fingerprint density at radius 3 is 1.17 bits per heavy atom. The molecule has 238 valence electrons. The monoisotopic (exact) mass is 748 g/mol. The van der Waals surface area contributed by atoms with Gasteiger partial charge in [-0.1, -0.05) is 147 Å². The average molecular weight is 751 g/mol. The predicted octanol–water partition coefficient (Wildman–Crippen LogP) is 13.7. The van der Waals surface area contributed by atoms with Crippen LogP contribution in [-0.2, 0) is 33.7 Å². The van der Waals surface area contributed by atoms with Crippen molar-refractivity contribution in [3.63, 3.8) is 0 Å². The normalized spacial score (nSPS) is 9.77. The molecular formula is C43H44Cl2SiZr. The van der Waals surface area contributed by atoms with Crippen LogP contribution in [0.25, 0.3) is 43.8 Å². The molecule has 7 aromatic carbocycles. The first-order valence-corrected chi connectivity index (χ1v) is 24.4. The molecule has 0 heterocycles. The summed E-state index contributed by atoms with van der Waals surface area (Å²) < 4.78 is 0. The van der Waals surface area contributed by atoms with Gasteiger partial charge in [-0.15, -0.1) is 69.1 Å². The number of fused-ring (bicyclic) bond motifs is 2. The van der Waals surface area contributed by atoms with Gasteiger partial charge in [-0.25, -0.2) is 0 Å². The Morgan fingerprint density at radius 1 is 0.532 bits per heavy atom. The van der Waals surface area contributed by atoms with Crippen molar-refractivity contribution in [2.75, 3.05) is 0 Å². The van der Waals surface area contributed by atoms with Crippen molar-refractivity contribution in [1.29, 1.82) is 0 Å². The maximum atomic E-state index is 4.93. The quantitative estimate of drug-likeness (QED) is 0.124. The van der Waals surface area contributed by atoms with Crippen LogP contribution in [0, 0.1) is 6.92 Å². The Balaban J connectivity index is 0.000000188. The fraction of sp³-hybridized carbons (Fsp3) is 0.163. The van der Waals surface area contributed by atoms with Gasteiger partial charge < -0.3 is 0 Å². The predicted molar refractivity (Wildman–Crippen MR) is 209 cm³/mol. The molecule has 0 spiro atoms. The standard InChI is InChI=1S/2C17H15.C7H8.C2H6Si.2ClH.Zr/c2*1-2-13-11-15-9-6-10-16(17(15)12-13)14-7-4-3-5-8-14;1-7-5-3-2-4-6-7;1-3-2;;;/h2*3-12H,2H2,1H3;2-6H,1H3;1-2H3;2*1H;/q2*-1;;;;;+4/p-2. The number of aryl methyl sites for hydroxylation is 3. The van der Waals surface area contributed by atoms with E-state index < -0.39 is 20.8 Å². The van der Waals surface area contributed by atoms with E-state index in [2.05, 4.69) is 167 Å². The van der Waals surface area contributed by atoms with E-state index in [1.807, 2.05) is 18.2 Å². The van der Waals surface area contributed by atoms with E-state index in [-0.39, 0.29) is 0 Å². The molecule has 0 nitrogen and oxygen atoms in total. The molecule has 0 aliphatic heterocycles. The molecule has 7 rings (SSSR count). The number of hydrogen-bond donors (Lipinski definition) is 0. The zero-order valence-corrected chi connectivity index (χ0v) is 33.1. The van der Waals surface area contributed by atoms with Gasteiger partial charge in [0.25, 0.3) is 0 Å². The van der Waals surface area contributed by atoms with Crippen molar-refractivity contribution < 1.29 is 20.8 Å². The molecule has 0 aromatic heterocycles. The van der Waals surface area contributed by atoms with Crippen LogP contribution in [-0.4, -0.2) is 9.52 Å². The van der Waals surface area contributed by atoms with E-state index in [1.54, 1.807) is 0 Å². The molecule has 0 aliphatic rings. The van der Waals surface area contributed by atoms with Crippen LogP contribution in [0.3, 0.4) is 0 Å². The minimum absolute atomic E-state index is 0.826. The van der Waals surface area contributed by atoms with Crippen molar-refractivity contribution in [2.45, 2.75) is 46.7 Å². The summed E-state index contributed by atoms with van der Waals surface area (Å²) in [5.74, 6) is 0. The molecule has 0 saturated heterocycles. The maximum absolute atomic E-state index is 4.93. The fourth-order valence-corrected chi connectivity index (χ4v) is 5.28. The molecule has 0 atom stereocenters. The second-order valence-electron chi connectivity index (χ2n) is 11.0. The first kappa shape index (κ1) is 38.4. The third-order valence-electron chi connectivity index (χ3n) is 7.55. The van der Waals surface area contributed by atoms with Crippen molar-refractivity contribution in [3.8, 4) is 22.3 Å². The summed E-state index contributed by atoms with van der Waals surface area (Å²) in [7, 11) is 11.0. The Bertz CT molecular complexity index is 1720. The Kier molecular flexibility index (Phi) is 17.8. The zero-order chi connectivity index (χ0) is 33.9. The summed E-state index contributed by atoms with van der Waals surface area (Å²) >= 11 is -0.826. The van der Waals surface area contributed by atoms with Crippen LogP contribution in [0.1, 0.15) is 30.5 Å². The third kappa shape index (κ3) is 12.2. The molecule has 0 bridgehead atoms. The summed E-state index contributed by atoms with van der Waals surface area (Å²) in [5.41, 5.74) is 9.43. The molecule has 0 amide bonds. The molecule has 0 aliphatic carbocycles. The van der Waals surface area contributed by atoms with Crippen molar-refractivity contribution >= 4 is 48.1 Å². The van der Waals surface area contributed by atoms with Gasteiger partial charge in [-0.3, -0.25) is 0 Å². The van der Waals surface area contributed by atoms with Gasteiger partial charge >= 0.3 is 37.9 Å². The third-order valence-corrected chi connectivity index (χ3v) is 7.55. The van der Waals surface area contributed by atoms with E-state index >= 15 is 0 Å². The van der Waals surface area contributed by atoms with Crippen molar-refractivity contribution in [1.82, 2.24) is 0 Å². The number of halogens is 2. The van der Waals surface area contributed by atoms with Gasteiger partial charge in [0.1, 0.15) is 0 Å². The second-order valence-corrected chi connectivity index (χ2v) is 15.7. The summed E-state index contributed by atoms with van der Waals surface area (Å²) in [5, 5.41) is 5.44. The summed E-state index contributed by atoms with van der Waals surface area (Å²) in [6.45, 7) is 10.8. The van der Waals surface area contributed by atoms with Crippen LogP contribution in [0.5, 0.6) is 0 Å². The van der Waals surface area contributed by atoms with Crippen LogP contribution in [0.15, 0.2) is 152 Å². The van der Waals surface area contributed by atoms with Gasteiger partial charge in [0.05, 0.1) is 0 Å². The van der Waals surface area contributed by atoms with E-state index in [0.717, 1.165) is 22.4 Å². The summed E-state index contributed by atoms with van der Waals surface area (Å²) in [4.78, 5) is 0.